The van der Waals surface area contributed by atoms with E-state index >= 15 is 0 Å². The molecule has 2 N–H and O–H groups in total. The van der Waals surface area contributed by atoms with E-state index < -0.39 is 0 Å². The Kier molecular flexibility index (Phi) is 6.37. The Bertz CT molecular complexity index is 394. The van der Waals surface area contributed by atoms with Gasteiger partial charge in [-0.15, -0.1) is 5.10 Å². The number of aliphatic hydroxyl groups excluding tert-OH is 1. The van der Waals surface area contributed by atoms with Gasteiger partial charge in [-0.2, -0.15) is 0 Å². The van der Waals surface area contributed by atoms with E-state index in [4.69, 9.17) is 0 Å². The molecule has 5 nitrogen and oxygen atoms in total. The normalized spacial score (nSPS) is 11.6. The van der Waals surface area contributed by atoms with Crippen LogP contribution in [0.4, 0.5) is 0 Å². The number of aromatic nitrogens is 2. The molecule has 0 aromatic carbocycles. The summed E-state index contributed by atoms with van der Waals surface area (Å²) >= 11 is 1.14. The fraction of sp³-hybridized carbons (Fsp3) is 0.769. The highest BCUT2D eigenvalue weighted by Crippen LogP contribution is 2.24. The number of aliphatic hydroxyl groups is 1. The Balaban J connectivity index is 2.67. The van der Waals surface area contributed by atoms with Crippen molar-refractivity contribution < 1.29 is 9.90 Å². The van der Waals surface area contributed by atoms with E-state index in [1.165, 1.54) is 0 Å². The maximum absolute atomic E-state index is 12.1. The second-order valence-electron chi connectivity index (χ2n) is 4.85. The highest BCUT2D eigenvalue weighted by Gasteiger charge is 2.26. The molecular weight excluding hydrogens is 262 g/mol. The number of carbonyl (C=O) groups is 1. The van der Waals surface area contributed by atoms with Gasteiger partial charge in [-0.1, -0.05) is 31.7 Å². The number of nitrogens with zero attached hydrogens (tertiary/aromatic N) is 2. The lowest BCUT2D eigenvalue weighted by Gasteiger charge is -2.29. The zero-order valence-corrected chi connectivity index (χ0v) is 12.7. The van der Waals surface area contributed by atoms with Crippen molar-refractivity contribution in [1.82, 2.24) is 14.9 Å². The fourth-order valence-electron chi connectivity index (χ4n) is 1.91. The Labute approximate surface area is 118 Å². The maximum atomic E-state index is 12.1. The van der Waals surface area contributed by atoms with Crippen LogP contribution in [-0.4, -0.2) is 33.8 Å². The van der Waals surface area contributed by atoms with Gasteiger partial charge in [0, 0.05) is 12.0 Å². The summed E-state index contributed by atoms with van der Waals surface area (Å²) in [7, 11) is 0. The molecule has 1 aromatic heterocycles. The first-order chi connectivity index (χ1) is 9.12. The van der Waals surface area contributed by atoms with E-state index in [2.05, 4.69) is 14.9 Å². The fourth-order valence-corrected chi connectivity index (χ4v) is 2.53. The number of rotatable bonds is 8. The minimum Gasteiger partial charge on any atom is -0.396 e. The quantitative estimate of drug-likeness (QED) is 0.766. The predicted molar refractivity (Wildman–Crippen MR) is 76.3 cm³/mol. The first-order valence-corrected chi connectivity index (χ1v) is 7.60. The van der Waals surface area contributed by atoms with Crippen molar-refractivity contribution in [2.45, 2.75) is 46.5 Å². The summed E-state index contributed by atoms with van der Waals surface area (Å²) in [5, 5.41) is 16.4. The molecule has 0 saturated carbocycles. The van der Waals surface area contributed by atoms with Crippen molar-refractivity contribution >= 4 is 17.4 Å². The molecule has 0 aliphatic carbocycles. The lowest BCUT2D eigenvalue weighted by atomic mass is 9.83. The van der Waals surface area contributed by atoms with Gasteiger partial charge in [-0.25, -0.2) is 0 Å². The summed E-state index contributed by atoms with van der Waals surface area (Å²) in [5.74, 6) is -0.127. The van der Waals surface area contributed by atoms with Crippen molar-refractivity contribution in [1.29, 1.82) is 0 Å². The Morgan fingerprint density at radius 2 is 2.05 bits per heavy atom. The lowest BCUT2D eigenvalue weighted by molar-refractivity contribution is 0.0853. The molecule has 1 aromatic rings. The molecule has 108 valence electrons. The van der Waals surface area contributed by atoms with Gasteiger partial charge in [0.05, 0.1) is 12.3 Å². The molecule has 0 atom stereocenters. The molecule has 1 amide bonds. The predicted octanol–water partition coefficient (Wildman–Crippen LogP) is 2.02. The molecule has 0 radical (unpaired) electrons. The van der Waals surface area contributed by atoms with Gasteiger partial charge in [-0.3, -0.25) is 4.79 Å². The van der Waals surface area contributed by atoms with Crippen LogP contribution in [0.25, 0.3) is 0 Å². The first-order valence-electron chi connectivity index (χ1n) is 6.82. The van der Waals surface area contributed by atoms with Gasteiger partial charge in [0.1, 0.15) is 4.88 Å². The zero-order valence-electron chi connectivity index (χ0n) is 11.9. The summed E-state index contributed by atoms with van der Waals surface area (Å²) in [6.07, 6.45) is 3.38. The summed E-state index contributed by atoms with van der Waals surface area (Å²) < 4.78 is 3.85. The average molecular weight is 285 g/mol. The molecule has 0 aliphatic heterocycles. The molecule has 0 unspecified atom stereocenters. The van der Waals surface area contributed by atoms with E-state index in [0.29, 0.717) is 11.4 Å². The molecule has 1 heterocycles. The molecule has 19 heavy (non-hydrogen) atoms. The van der Waals surface area contributed by atoms with Crippen molar-refractivity contribution in [2.24, 2.45) is 5.41 Å². The highest BCUT2D eigenvalue weighted by atomic mass is 32.1. The molecule has 0 fully saturated rings. The monoisotopic (exact) mass is 285 g/mol. The molecule has 0 bridgehead atoms. The zero-order chi connectivity index (χ0) is 14.3. The van der Waals surface area contributed by atoms with Crippen LogP contribution >= 0.6 is 11.5 Å². The van der Waals surface area contributed by atoms with Crippen molar-refractivity contribution in [3.8, 4) is 0 Å². The molecule has 0 spiro atoms. The van der Waals surface area contributed by atoms with Crippen LogP contribution in [-0.2, 0) is 6.42 Å². The molecule has 0 saturated heterocycles. The standard InChI is InChI=1S/C13H23N3O2S/c1-4-7-10-11(19-16-15-10)12(18)14-8-13(5-2,6-3)9-17/h17H,4-9H2,1-3H3,(H,14,18). The number of carbonyl (C=O) groups excluding carboxylic acids is 1. The van der Waals surface area contributed by atoms with Crippen LogP contribution < -0.4 is 5.32 Å². The topological polar surface area (TPSA) is 75.1 Å². The maximum Gasteiger partial charge on any atom is 0.264 e. The Hall–Kier alpha value is -1.01. The van der Waals surface area contributed by atoms with Crippen molar-refractivity contribution in [3.63, 3.8) is 0 Å². The van der Waals surface area contributed by atoms with Crippen LogP contribution in [0.5, 0.6) is 0 Å². The van der Waals surface area contributed by atoms with Gasteiger partial charge in [-0.05, 0) is 30.8 Å². The second kappa shape index (κ2) is 7.55. The average Bonchev–Trinajstić information content (AvgIpc) is 2.89. The largest absolute Gasteiger partial charge is 0.396 e. The third-order valence-electron chi connectivity index (χ3n) is 3.71. The molecular formula is C13H23N3O2S. The van der Waals surface area contributed by atoms with Crippen LogP contribution in [0.3, 0.4) is 0 Å². The molecule has 1 rings (SSSR count). The lowest BCUT2D eigenvalue weighted by Crippen LogP contribution is -2.39. The van der Waals surface area contributed by atoms with E-state index in [1.807, 2.05) is 20.8 Å². The summed E-state index contributed by atoms with van der Waals surface area (Å²) in [4.78, 5) is 12.7. The second-order valence-corrected chi connectivity index (χ2v) is 5.60. The number of hydrogen-bond acceptors (Lipinski definition) is 5. The van der Waals surface area contributed by atoms with Crippen LogP contribution in [0, 0.1) is 5.41 Å². The van der Waals surface area contributed by atoms with E-state index in [1.54, 1.807) is 0 Å². The smallest absolute Gasteiger partial charge is 0.264 e. The SMILES string of the molecule is CCCc1nnsc1C(=O)NCC(CC)(CC)CO. The van der Waals surface area contributed by atoms with E-state index in [0.717, 1.165) is 42.9 Å². The van der Waals surface area contributed by atoms with Gasteiger partial charge in [0.15, 0.2) is 0 Å². The van der Waals surface area contributed by atoms with Gasteiger partial charge >= 0.3 is 0 Å². The van der Waals surface area contributed by atoms with Crippen molar-refractivity contribution in [3.05, 3.63) is 10.6 Å². The summed E-state index contributed by atoms with van der Waals surface area (Å²) in [6.45, 7) is 6.68. The van der Waals surface area contributed by atoms with Gasteiger partial charge in [0.25, 0.3) is 5.91 Å². The summed E-state index contributed by atoms with van der Waals surface area (Å²) in [5.41, 5.74) is 0.547. The third-order valence-corrected chi connectivity index (χ3v) is 4.48. The van der Waals surface area contributed by atoms with Crippen LogP contribution in [0.2, 0.25) is 0 Å². The highest BCUT2D eigenvalue weighted by molar-refractivity contribution is 7.08. The number of nitrogens with one attached hydrogen (secondary N) is 1. The Morgan fingerprint density at radius 1 is 1.37 bits per heavy atom. The first kappa shape index (κ1) is 16.0. The van der Waals surface area contributed by atoms with E-state index in [-0.39, 0.29) is 17.9 Å². The minimum absolute atomic E-state index is 0.0863. The minimum atomic E-state index is -0.224. The summed E-state index contributed by atoms with van der Waals surface area (Å²) in [6, 6.07) is 0. The Morgan fingerprint density at radius 3 is 2.58 bits per heavy atom. The van der Waals surface area contributed by atoms with Gasteiger partial charge in [0.2, 0.25) is 0 Å². The molecule has 0 aliphatic rings. The van der Waals surface area contributed by atoms with Crippen LogP contribution in [0.1, 0.15) is 55.4 Å². The number of amides is 1. The van der Waals surface area contributed by atoms with Crippen LogP contribution in [0.15, 0.2) is 0 Å². The molecule has 6 heteroatoms. The van der Waals surface area contributed by atoms with Crippen molar-refractivity contribution in [2.75, 3.05) is 13.2 Å². The number of aryl methyl sites for hydroxylation is 1. The third kappa shape index (κ3) is 3.98. The van der Waals surface area contributed by atoms with Gasteiger partial charge < -0.3 is 10.4 Å². The number of hydrogen-bond donors (Lipinski definition) is 2. The van der Waals surface area contributed by atoms with E-state index in [9.17, 15) is 9.90 Å².